The molecule has 1 fully saturated rings. The van der Waals surface area contributed by atoms with E-state index < -0.39 is 0 Å². The Kier molecular flexibility index (Phi) is 4.64. The van der Waals surface area contributed by atoms with E-state index in [0.29, 0.717) is 19.6 Å². The van der Waals surface area contributed by atoms with Crippen molar-refractivity contribution in [3.05, 3.63) is 35.4 Å². The molecule has 1 unspecified atom stereocenters. The van der Waals surface area contributed by atoms with E-state index in [-0.39, 0.29) is 17.9 Å². The van der Waals surface area contributed by atoms with Crippen LogP contribution in [0, 0.1) is 18.8 Å². The van der Waals surface area contributed by atoms with E-state index >= 15 is 0 Å². The van der Waals surface area contributed by atoms with Crippen LogP contribution in [0.4, 0.5) is 0 Å². The first-order valence-electron chi connectivity index (χ1n) is 7.08. The van der Waals surface area contributed by atoms with Gasteiger partial charge in [0.1, 0.15) is 0 Å². The van der Waals surface area contributed by atoms with Crippen LogP contribution >= 0.6 is 0 Å². The molecule has 21 heavy (non-hydrogen) atoms. The molecule has 0 saturated carbocycles. The van der Waals surface area contributed by atoms with E-state index in [4.69, 9.17) is 0 Å². The maximum absolute atomic E-state index is 12.0. The number of amides is 2. The highest BCUT2D eigenvalue weighted by molar-refractivity contribution is 5.93. The minimum Gasteiger partial charge on any atom is -0.332 e. The van der Waals surface area contributed by atoms with Crippen molar-refractivity contribution in [3.63, 3.8) is 0 Å². The first-order valence-corrected chi connectivity index (χ1v) is 7.08. The molecule has 0 aliphatic carbocycles. The Labute approximate surface area is 125 Å². The largest absolute Gasteiger partial charge is 0.332 e. The van der Waals surface area contributed by atoms with Gasteiger partial charge < -0.3 is 9.80 Å². The zero-order chi connectivity index (χ0) is 15.4. The van der Waals surface area contributed by atoms with Crippen molar-refractivity contribution in [1.29, 1.82) is 0 Å². The Morgan fingerprint density at radius 1 is 1.19 bits per heavy atom. The fourth-order valence-corrected chi connectivity index (χ4v) is 2.60. The minimum absolute atomic E-state index is 0.0363. The number of aryl methyl sites for hydroxylation is 1. The molecule has 1 aromatic carbocycles. The summed E-state index contributed by atoms with van der Waals surface area (Å²) < 4.78 is 0. The molecule has 2 rings (SSSR count). The Bertz CT molecular complexity index is 595. The Balaban J connectivity index is 2.26. The Morgan fingerprint density at radius 3 is 2.43 bits per heavy atom. The standard InChI is InChI=1S/C17H20N2O2/c1-4-5-17(21)18-10-11-19(14(3)20)16(12-18)15-8-6-13(2)7-9-15/h6-9,16H,10-12H2,1-3H3. The van der Waals surface area contributed by atoms with E-state index in [2.05, 4.69) is 11.8 Å². The lowest BCUT2D eigenvalue weighted by Crippen LogP contribution is -2.51. The molecule has 1 heterocycles. The van der Waals surface area contributed by atoms with Crippen LogP contribution in [-0.2, 0) is 9.59 Å². The van der Waals surface area contributed by atoms with Gasteiger partial charge in [0.2, 0.25) is 5.91 Å². The third-order valence-electron chi connectivity index (χ3n) is 3.77. The lowest BCUT2D eigenvalue weighted by molar-refractivity contribution is -0.139. The number of carbonyl (C=O) groups excluding carboxylic acids is 2. The molecule has 0 spiro atoms. The number of nitrogens with zero attached hydrogens (tertiary/aromatic N) is 2. The second-order valence-corrected chi connectivity index (χ2v) is 5.27. The molecular formula is C17H20N2O2. The summed E-state index contributed by atoms with van der Waals surface area (Å²) in [7, 11) is 0. The van der Waals surface area contributed by atoms with Gasteiger partial charge >= 0.3 is 0 Å². The molecule has 2 amide bonds. The molecule has 0 radical (unpaired) electrons. The van der Waals surface area contributed by atoms with Gasteiger partial charge in [0.05, 0.1) is 6.04 Å². The van der Waals surface area contributed by atoms with Crippen LogP contribution in [0.25, 0.3) is 0 Å². The van der Waals surface area contributed by atoms with E-state index in [1.165, 1.54) is 5.56 Å². The number of benzene rings is 1. The summed E-state index contributed by atoms with van der Waals surface area (Å²) in [6, 6.07) is 8.00. The van der Waals surface area contributed by atoms with Crippen LogP contribution in [0.5, 0.6) is 0 Å². The lowest BCUT2D eigenvalue weighted by Gasteiger charge is -2.40. The summed E-state index contributed by atoms with van der Waals surface area (Å²) >= 11 is 0. The molecule has 1 aromatic rings. The van der Waals surface area contributed by atoms with Gasteiger partial charge in [-0.05, 0) is 25.3 Å². The third-order valence-corrected chi connectivity index (χ3v) is 3.77. The van der Waals surface area contributed by atoms with Crippen molar-refractivity contribution in [2.24, 2.45) is 0 Å². The molecule has 0 N–H and O–H groups in total. The van der Waals surface area contributed by atoms with Gasteiger partial charge in [0, 0.05) is 26.6 Å². The average molecular weight is 284 g/mol. The van der Waals surface area contributed by atoms with Gasteiger partial charge in [-0.3, -0.25) is 9.59 Å². The smallest absolute Gasteiger partial charge is 0.298 e. The van der Waals surface area contributed by atoms with E-state index in [9.17, 15) is 9.59 Å². The van der Waals surface area contributed by atoms with Crippen LogP contribution in [0.3, 0.4) is 0 Å². The van der Waals surface area contributed by atoms with Crippen LogP contribution in [0.2, 0.25) is 0 Å². The highest BCUT2D eigenvalue weighted by Crippen LogP contribution is 2.26. The molecule has 110 valence electrons. The molecule has 0 bridgehead atoms. The molecule has 1 aliphatic heterocycles. The molecule has 1 saturated heterocycles. The second kappa shape index (κ2) is 6.45. The zero-order valence-corrected chi connectivity index (χ0v) is 12.7. The Hall–Kier alpha value is -2.28. The van der Waals surface area contributed by atoms with Crippen molar-refractivity contribution < 1.29 is 9.59 Å². The summed E-state index contributed by atoms with van der Waals surface area (Å²) in [6.07, 6.45) is 0. The van der Waals surface area contributed by atoms with Crippen molar-refractivity contribution in [2.75, 3.05) is 19.6 Å². The lowest BCUT2D eigenvalue weighted by atomic mass is 10.0. The molecular weight excluding hydrogens is 264 g/mol. The summed E-state index contributed by atoms with van der Waals surface area (Å²) in [4.78, 5) is 27.4. The van der Waals surface area contributed by atoms with E-state index in [0.717, 1.165) is 5.56 Å². The van der Waals surface area contributed by atoms with Crippen molar-refractivity contribution in [1.82, 2.24) is 9.80 Å². The second-order valence-electron chi connectivity index (χ2n) is 5.27. The number of hydrogen-bond donors (Lipinski definition) is 0. The van der Waals surface area contributed by atoms with Crippen molar-refractivity contribution in [3.8, 4) is 11.8 Å². The summed E-state index contributed by atoms with van der Waals surface area (Å²) in [5.41, 5.74) is 2.23. The fraction of sp³-hybridized carbons (Fsp3) is 0.412. The number of piperazine rings is 1. The van der Waals surface area contributed by atoms with Gasteiger partial charge in [-0.1, -0.05) is 35.7 Å². The number of rotatable bonds is 1. The van der Waals surface area contributed by atoms with Gasteiger partial charge in [0.15, 0.2) is 0 Å². The minimum atomic E-state index is -0.169. The van der Waals surface area contributed by atoms with Crippen molar-refractivity contribution >= 4 is 11.8 Å². The maximum Gasteiger partial charge on any atom is 0.298 e. The Morgan fingerprint density at radius 2 is 1.86 bits per heavy atom. The quantitative estimate of drug-likeness (QED) is 0.737. The van der Waals surface area contributed by atoms with E-state index in [1.54, 1.807) is 18.7 Å². The third kappa shape index (κ3) is 3.43. The average Bonchev–Trinajstić information content (AvgIpc) is 2.47. The predicted molar refractivity (Wildman–Crippen MR) is 81.3 cm³/mol. The normalized spacial score (nSPS) is 18.0. The first kappa shape index (κ1) is 15.1. The summed E-state index contributed by atoms with van der Waals surface area (Å²) in [6.45, 7) is 6.84. The van der Waals surface area contributed by atoms with Crippen LogP contribution in [0.1, 0.15) is 31.0 Å². The molecule has 1 aliphatic rings. The maximum atomic E-state index is 12.0. The topological polar surface area (TPSA) is 40.6 Å². The van der Waals surface area contributed by atoms with Crippen LogP contribution < -0.4 is 0 Å². The van der Waals surface area contributed by atoms with Gasteiger partial charge in [-0.2, -0.15) is 0 Å². The first-order chi connectivity index (χ1) is 10.0. The number of carbonyl (C=O) groups is 2. The van der Waals surface area contributed by atoms with E-state index in [1.807, 2.05) is 36.1 Å². The van der Waals surface area contributed by atoms with Crippen molar-refractivity contribution in [2.45, 2.75) is 26.8 Å². The predicted octanol–water partition coefficient (Wildman–Crippen LogP) is 1.75. The number of hydrogen-bond acceptors (Lipinski definition) is 2. The molecule has 0 aromatic heterocycles. The molecule has 1 atom stereocenters. The highest BCUT2D eigenvalue weighted by Gasteiger charge is 2.31. The monoisotopic (exact) mass is 284 g/mol. The van der Waals surface area contributed by atoms with Gasteiger partial charge in [-0.25, -0.2) is 0 Å². The zero-order valence-electron chi connectivity index (χ0n) is 12.7. The highest BCUT2D eigenvalue weighted by atomic mass is 16.2. The fourth-order valence-electron chi connectivity index (χ4n) is 2.60. The molecule has 4 heteroatoms. The summed E-state index contributed by atoms with van der Waals surface area (Å²) in [5.74, 6) is 5.08. The van der Waals surface area contributed by atoms with Crippen LogP contribution in [0.15, 0.2) is 24.3 Å². The SMILES string of the molecule is CC#CC(=O)N1CCN(C(C)=O)C(c2ccc(C)cc2)C1. The van der Waals surface area contributed by atoms with Crippen LogP contribution in [-0.4, -0.2) is 41.2 Å². The van der Waals surface area contributed by atoms with Gasteiger partial charge in [0.25, 0.3) is 5.91 Å². The van der Waals surface area contributed by atoms with Gasteiger partial charge in [-0.15, -0.1) is 0 Å². The summed E-state index contributed by atoms with van der Waals surface area (Å²) in [5, 5.41) is 0. The molecule has 4 nitrogen and oxygen atoms in total.